The molecule has 0 radical (unpaired) electrons. The summed E-state index contributed by atoms with van der Waals surface area (Å²) in [5, 5.41) is 9.05. The monoisotopic (exact) mass is 567 g/mol. The summed E-state index contributed by atoms with van der Waals surface area (Å²) < 4.78 is 42.2. The normalized spacial score (nSPS) is 11.1. The van der Waals surface area contributed by atoms with Crippen LogP contribution >= 0.6 is 11.6 Å². The minimum atomic E-state index is -3.72. The standard InChI is InChI=1S/C26H22ClN5O6S/c1-16-23(38-22-9-18(11-28)8-20(27)10-22)25(33)32(15-30-16)13-19-12-29-26(39(3,34)35)31-24(19)37-14-17-4-6-21(36-2)7-5-17/h4-10,12,15H,13-14H2,1-3H3. The Morgan fingerprint density at radius 2 is 1.85 bits per heavy atom. The molecule has 2 aromatic heterocycles. The number of rotatable bonds is 9. The fraction of sp³-hybridized carbons (Fsp3) is 0.192. The Morgan fingerprint density at radius 3 is 2.51 bits per heavy atom. The fourth-order valence-electron chi connectivity index (χ4n) is 3.43. The van der Waals surface area contributed by atoms with Crippen LogP contribution in [0.2, 0.25) is 5.02 Å². The number of aryl methyl sites for hydroxylation is 1. The maximum Gasteiger partial charge on any atom is 0.296 e. The van der Waals surface area contributed by atoms with Crippen LogP contribution in [0.25, 0.3) is 0 Å². The van der Waals surface area contributed by atoms with Gasteiger partial charge in [0.1, 0.15) is 18.1 Å². The number of ether oxygens (including phenoxy) is 3. The van der Waals surface area contributed by atoms with Gasteiger partial charge in [-0.1, -0.05) is 23.7 Å². The molecular formula is C26H22ClN5O6S. The molecule has 0 aliphatic heterocycles. The molecule has 13 heteroatoms. The second-order valence-electron chi connectivity index (χ2n) is 8.37. The first-order valence-corrected chi connectivity index (χ1v) is 13.6. The van der Waals surface area contributed by atoms with Crippen molar-refractivity contribution in [2.24, 2.45) is 0 Å². The van der Waals surface area contributed by atoms with E-state index >= 15 is 0 Å². The molecule has 2 heterocycles. The zero-order valence-electron chi connectivity index (χ0n) is 21.1. The minimum absolute atomic E-state index is 0.00955. The van der Waals surface area contributed by atoms with Gasteiger partial charge in [-0.05, 0) is 42.8 Å². The molecule has 0 bridgehead atoms. The van der Waals surface area contributed by atoms with Crippen LogP contribution in [0.15, 0.2) is 64.9 Å². The molecule has 0 spiro atoms. The lowest BCUT2D eigenvalue weighted by Gasteiger charge is -2.14. The first-order valence-electron chi connectivity index (χ1n) is 11.3. The van der Waals surface area contributed by atoms with Gasteiger partial charge in [-0.2, -0.15) is 10.2 Å². The van der Waals surface area contributed by atoms with Crippen molar-refractivity contribution in [2.45, 2.75) is 25.2 Å². The van der Waals surface area contributed by atoms with E-state index in [0.717, 1.165) is 11.8 Å². The highest BCUT2D eigenvalue weighted by molar-refractivity contribution is 7.90. The third-order valence-electron chi connectivity index (χ3n) is 5.40. The van der Waals surface area contributed by atoms with Crippen molar-refractivity contribution < 1.29 is 22.6 Å². The van der Waals surface area contributed by atoms with Gasteiger partial charge in [-0.25, -0.2) is 18.4 Å². The second-order valence-corrected chi connectivity index (χ2v) is 10.7. The summed E-state index contributed by atoms with van der Waals surface area (Å²) in [5.74, 6) is 0.789. The molecule has 0 aliphatic rings. The van der Waals surface area contributed by atoms with Crippen molar-refractivity contribution >= 4 is 21.4 Å². The highest BCUT2D eigenvalue weighted by Gasteiger charge is 2.19. The first kappa shape index (κ1) is 27.6. The van der Waals surface area contributed by atoms with E-state index in [-0.39, 0.29) is 41.1 Å². The number of hydrogen-bond donors (Lipinski definition) is 0. The highest BCUT2D eigenvalue weighted by Crippen LogP contribution is 2.26. The zero-order chi connectivity index (χ0) is 28.2. The minimum Gasteiger partial charge on any atom is -0.497 e. The van der Waals surface area contributed by atoms with Crippen molar-refractivity contribution in [3.63, 3.8) is 0 Å². The number of sulfone groups is 1. The topological polar surface area (TPSA) is 146 Å². The third kappa shape index (κ3) is 6.70. The van der Waals surface area contributed by atoms with E-state index in [1.807, 2.05) is 6.07 Å². The summed E-state index contributed by atoms with van der Waals surface area (Å²) in [6, 6.07) is 13.5. The molecule has 11 nitrogen and oxygen atoms in total. The molecule has 0 unspecified atom stereocenters. The van der Waals surface area contributed by atoms with Crippen molar-refractivity contribution in [3.8, 4) is 29.2 Å². The largest absolute Gasteiger partial charge is 0.497 e. The van der Waals surface area contributed by atoms with Crippen molar-refractivity contribution in [3.05, 3.63) is 92.7 Å². The van der Waals surface area contributed by atoms with Gasteiger partial charge < -0.3 is 14.2 Å². The summed E-state index contributed by atoms with van der Waals surface area (Å²) >= 11 is 6.06. The smallest absolute Gasteiger partial charge is 0.296 e. The van der Waals surface area contributed by atoms with Crippen LogP contribution in [0.4, 0.5) is 0 Å². The van der Waals surface area contributed by atoms with Gasteiger partial charge in [0.05, 0.1) is 42.9 Å². The average molecular weight is 568 g/mol. The quantitative estimate of drug-likeness (QED) is 0.274. The van der Waals surface area contributed by atoms with E-state index in [0.29, 0.717) is 17.0 Å². The van der Waals surface area contributed by atoms with E-state index in [4.69, 9.17) is 25.8 Å². The third-order valence-corrected chi connectivity index (χ3v) is 6.48. The Hall–Kier alpha value is -4.47. The summed E-state index contributed by atoms with van der Waals surface area (Å²) in [6.07, 6.45) is 3.59. The maximum absolute atomic E-state index is 13.3. The SMILES string of the molecule is COc1ccc(COc2nc(S(C)(=O)=O)ncc2Cn2cnc(C)c(Oc3cc(Cl)cc(C#N)c3)c2=O)cc1. The number of halogens is 1. The van der Waals surface area contributed by atoms with E-state index in [2.05, 4.69) is 15.0 Å². The molecule has 2 aromatic carbocycles. The van der Waals surface area contributed by atoms with Gasteiger partial charge in [0.2, 0.25) is 26.6 Å². The Bertz CT molecular complexity index is 1730. The fourth-order valence-corrected chi connectivity index (χ4v) is 4.15. The van der Waals surface area contributed by atoms with Crippen LogP contribution in [0.1, 0.15) is 22.4 Å². The molecule has 4 rings (SSSR count). The molecule has 0 atom stereocenters. The van der Waals surface area contributed by atoms with Crippen LogP contribution in [0.3, 0.4) is 0 Å². The Morgan fingerprint density at radius 1 is 1.10 bits per heavy atom. The van der Waals surface area contributed by atoms with Crippen LogP contribution in [-0.2, 0) is 23.0 Å². The van der Waals surface area contributed by atoms with E-state index in [1.165, 1.54) is 35.3 Å². The Kier molecular flexibility index (Phi) is 8.13. The van der Waals surface area contributed by atoms with E-state index in [1.54, 1.807) is 38.3 Å². The number of benzene rings is 2. The van der Waals surface area contributed by atoms with Crippen LogP contribution in [0, 0.1) is 18.3 Å². The molecular weight excluding hydrogens is 546 g/mol. The first-order chi connectivity index (χ1) is 18.6. The van der Waals surface area contributed by atoms with Crippen molar-refractivity contribution in [2.75, 3.05) is 13.4 Å². The lowest BCUT2D eigenvalue weighted by molar-refractivity contribution is 0.285. The lowest BCUT2D eigenvalue weighted by atomic mass is 10.2. The van der Waals surface area contributed by atoms with Gasteiger partial charge >= 0.3 is 0 Å². The maximum atomic E-state index is 13.3. The summed E-state index contributed by atoms with van der Waals surface area (Å²) in [6.45, 7) is 1.58. The number of nitrogens with zero attached hydrogens (tertiary/aromatic N) is 5. The van der Waals surface area contributed by atoms with Crippen LogP contribution in [0.5, 0.6) is 23.1 Å². The molecule has 0 amide bonds. The molecule has 0 aliphatic carbocycles. The highest BCUT2D eigenvalue weighted by atomic mass is 35.5. The Balaban J connectivity index is 1.67. The molecule has 0 saturated carbocycles. The van der Waals surface area contributed by atoms with Crippen LogP contribution < -0.4 is 19.8 Å². The molecule has 200 valence electrons. The number of aromatic nitrogens is 4. The molecule has 39 heavy (non-hydrogen) atoms. The van der Waals surface area contributed by atoms with Gasteiger partial charge in [0, 0.05) is 17.5 Å². The van der Waals surface area contributed by atoms with Gasteiger partial charge in [0.25, 0.3) is 5.56 Å². The lowest BCUT2D eigenvalue weighted by Crippen LogP contribution is -2.24. The zero-order valence-corrected chi connectivity index (χ0v) is 22.7. The number of nitriles is 1. The second kappa shape index (κ2) is 11.5. The summed E-state index contributed by atoms with van der Waals surface area (Å²) in [4.78, 5) is 25.6. The van der Waals surface area contributed by atoms with Crippen molar-refractivity contribution in [1.82, 2.24) is 19.5 Å². The van der Waals surface area contributed by atoms with Crippen molar-refractivity contribution in [1.29, 1.82) is 5.26 Å². The molecule has 0 N–H and O–H groups in total. The molecule has 4 aromatic rings. The predicted octanol–water partition coefficient (Wildman–Crippen LogP) is 3.70. The number of methoxy groups -OCH3 is 1. The summed E-state index contributed by atoms with van der Waals surface area (Å²) in [7, 11) is -2.17. The Labute approximate surface area is 229 Å². The van der Waals surface area contributed by atoms with E-state index < -0.39 is 20.6 Å². The van der Waals surface area contributed by atoms with Gasteiger partial charge in [-0.15, -0.1) is 0 Å². The average Bonchev–Trinajstić information content (AvgIpc) is 2.91. The predicted molar refractivity (Wildman–Crippen MR) is 141 cm³/mol. The van der Waals surface area contributed by atoms with Crippen LogP contribution in [-0.4, -0.2) is 41.3 Å². The van der Waals surface area contributed by atoms with E-state index in [9.17, 15) is 18.5 Å². The molecule has 0 fully saturated rings. The van der Waals surface area contributed by atoms with Gasteiger partial charge in [0.15, 0.2) is 0 Å². The van der Waals surface area contributed by atoms with Gasteiger partial charge in [-0.3, -0.25) is 9.36 Å². The summed E-state index contributed by atoms with van der Waals surface area (Å²) in [5.41, 5.74) is 1.17. The molecule has 0 saturated heterocycles. The number of hydrogen-bond acceptors (Lipinski definition) is 10.